The lowest BCUT2D eigenvalue weighted by Crippen LogP contribution is -2.33. The van der Waals surface area contributed by atoms with Gasteiger partial charge in [-0.15, -0.1) is 0 Å². The molecule has 0 aliphatic heterocycles. The first kappa shape index (κ1) is 13.1. The molecule has 90 valence electrons. The summed E-state index contributed by atoms with van der Waals surface area (Å²) in [5.74, 6) is 0. The Bertz CT molecular complexity index is 285. The Kier molecular flexibility index (Phi) is 5.43. The largest absolute Gasteiger partial charge is 0.396 e. The summed E-state index contributed by atoms with van der Waals surface area (Å²) in [6.45, 7) is 6.65. The molecule has 1 rings (SSSR count). The third-order valence-corrected chi connectivity index (χ3v) is 2.79. The van der Waals surface area contributed by atoms with Crippen LogP contribution in [0, 0.1) is 0 Å². The number of aliphatic hydroxyl groups is 1. The molecule has 0 spiro atoms. The number of nitrogens with one attached hydrogen (secondary N) is 1. The van der Waals surface area contributed by atoms with Gasteiger partial charge in [0.25, 0.3) is 0 Å². The summed E-state index contributed by atoms with van der Waals surface area (Å²) in [4.78, 5) is 4.03. The number of hydrogen-bond acceptors (Lipinski definition) is 3. The van der Waals surface area contributed by atoms with Gasteiger partial charge in [-0.05, 0) is 37.1 Å². The molecule has 0 fully saturated rings. The van der Waals surface area contributed by atoms with Crippen LogP contribution < -0.4 is 5.32 Å². The van der Waals surface area contributed by atoms with E-state index in [2.05, 4.69) is 36.3 Å². The standard InChI is InChI=1S/C13H22N2O/c1-13(2,11-15-7-3-4-10-16)12-5-8-14-9-6-12/h5-6,8-9,15-16H,3-4,7,10-11H2,1-2H3. The minimum absolute atomic E-state index is 0.127. The van der Waals surface area contributed by atoms with Gasteiger partial charge in [0.2, 0.25) is 0 Å². The van der Waals surface area contributed by atoms with E-state index >= 15 is 0 Å². The average molecular weight is 222 g/mol. The van der Waals surface area contributed by atoms with E-state index in [4.69, 9.17) is 5.11 Å². The highest BCUT2D eigenvalue weighted by Gasteiger charge is 2.19. The summed E-state index contributed by atoms with van der Waals surface area (Å²) in [5, 5.41) is 12.1. The normalized spacial score (nSPS) is 11.7. The fourth-order valence-electron chi connectivity index (χ4n) is 1.67. The number of hydrogen-bond donors (Lipinski definition) is 2. The first-order chi connectivity index (χ1) is 7.67. The predicted octanol–water partition coefficient (Wildman–Crippen LogP) is 1.72. The molecule has 3 heteroatoms. The quantitative estimate of drug-likeness (QED) is 0.690. The third kappa shape index (κ3) is 4.29. The van der Waals surface area contributed by atoms with Gasteiger partial charge in [0.15, 0.2) is 0 Å². The summed E-state index contributed by atoms with van der Waals surface area (Å²) >= 11 is 0. The van der Waals surface area contributed by atoms with E-state index in [1.54, 1.807) is 0 Å². The summed E-state index contributed by atoms with van der Waals surface area (Å²) in [6.07, 6.45) is 5.58. The van der Waals surface area contributed by atoms with E-state index in [1.165, 1.54) is 5.56 Å². The van der Waals surface area contributed by atoms with Crippen LogP contribution in [0.3, 0.4) is 0 Å². The van der Waals surface area contributed by atoms with Crippen LogP contribution in [0.15, 0.2) is 24.5 Å². The second kappa shape index (κ2) is 6.61. The SMILES string of the molecule is CC(C)(CNCCCCO)c1ccncc1. The maximum atomic E-state index is 8.67. The van der Waals surface area contributed by atoms with Crippen LogP contribution in [0.4, 0.5) is 0 Å². The second-order valence-corrected chi connectivity index (χ2v) is 4.73. The molecule has 0 saturated heterocycles. The van der Waals surface area contributed by atoms with E-state index in [1.807, 2.05) is 12.4 Å². The summed E-state index contributed by atoms with van der Waals surface area (Å²) < 4.78 is 0. The van der Waals surface area contributed by atoms with Gasteiger partial charge < -0.3 is 10.4 Å². The Balaban J connectivity index is 2.35. The van der Waals surface area contributed by atoms with Crippen LogP contribution in [0.2, 0.25) is 0 Å². The fraction of sp³-hybridized carbons (Fsp3) is 0.615. The van der Waals surface area contributed by atoms with Crippen molar-refractivity contribution in [3.05, 3.63) is 30.1 Å². The van der Waals surface area contributed by atoms with E-state index in [-0.39, 0.29) is 12.0 Å². The van der Waals surface area contributed by atoms with Crippen molar-refractivity contribution in [1.29, 1.82) is 0 Å². The molecule has 16 heavy (non-hydrogen) atoms. The monoisotopic (exact) mass is 222 g/mol. The van der Waals surface area contributed by atoms with Crippen LogP contribution in [0.25, 0.3) is 0 Å². The summed E-state index contributed by atoms with van der Waals surface area (Å²) in [7, 11) is 0. The summed E-state index contributed by atoms with van der Waals surface area (Å²) in [6, 6.07) is 4.13. The molecule has 1 heterocycles. The number of rotatable bonds is 7. The molecular weight excluding hydrogens is 200 g/mol. The lowest BCUT2D eigenvalue weighted by Gasteiger charge is -2.25. The van der Waals surface area contributed by atoms with Crippen LogP contribution in [-0.4, -0.2) is 29.8 Å². The van der Waals surface area contributed by atoms with Gasteiger partial charge in [-0.25, -0.2) is 0 Å². The highest BCUT2D eigenvalue weighted by Crippen LogP contribution is 2.20. The van der Waals surface area contributed by atoms with Crippen molar-refractivity contribution < 1.29 is 5.11 Å². The van der Waals surface area contributed by atoms with Crippen molar-refractivity contribution in [3.8, 4) is 0 Å². The van der Waals surface area contributed by atoms with Crippen molar-refractivity contribution >= 4 is 0 Å². The zero-order chi connectivity index (χ0) is 11.9. The van der Waals surface area contributed by atoms with Crippen molar-refractivity contribution in [2.75, 3.05) is 19.7 Å². The molecule has 3 nitrogen and oxygen atoms in total. The lowest BCUT2D eigenvalue weighted by atomic mass is 9.85. The molecule has 0 radical (unpaired) electrons. The molecule has 1 aromatic heterocycles. The number of nitrogens with zero attached hydrogens (tertiary/aromatic N) is 1. The maximum Gasteiger partial charge on any atom is 0.0431 e. The van der Waals surface area contributed by atoms with Gasteiger partial charge in [0, 0.05) is 31.0 Å². The minimum Gasteiger partial charge on any atom is -0.396 e. The van der Waals surface area contributed by atoms with E-state index in [9.17, 15) is 0 Å². The van der Waals surface area contributed by atoms with Gasteiger partial charge in [-0.2, -0.15) is 0 Å². The molecule has 0 bridgehead atoms. The van der Waals surface area contributed by atoms with Crippen LogP contribution >= 0.6 is 0 Å². The average Bonchev–Trinajstić information content (AvgIpc) is 2.30. The molecule has 1 aromatic rings. The van der Waals surface area contributed by atoms with Crippen molar-refractivity contribution in [3.63, 3.8) is 0 Å². The lowest BCUT2D eigenvalue weighted by molar-refractivity contribution is 0.283. The van der Waals surface area contributed by atoms with Gasteiger partial charge >= 0.3 is 0 Å². The highest BCUT2D eigenvalue weighted by atomic mass is 16.2. The van der Waals surface area contributed by atoms with Crippen LogP contribution in [-0.2, 0) is 5.41 Å². The van der Waals surface area contributed by atoms with Crippen LogP contribution in [0.5, 0.6) is 0 Å². The number of pyridine rings is 1. The molecule has 2 N–H and O–H groups in total. The van der Waals surface area contributed by atoms with E-state index in [0.29, 0.717) is 0 Å². The molecular formula is C13H22N2O. The maximum absolute atomic E-state index is 8.67. The Morgan fingerprint density at radius 3 is 2.56 bits per heavy atom. The molecule has 0 aliphatic rings. The molecule has 0 aliphatic carbocycles. The predicted molar refractivity (Wildman–Crippen MR) is 66.5 cm³/mol. The Morgan fingerprint density at radius 2 is 1.94 bits per heavy atom. The summed E-state index contributed by atoms with van der Waals surface area (Å²) in [5.41, 5.74) is 1.43. The van der Waals surface area contributed by atoms with Gasteiger partial charge in [0.05, 0.1) is 0 Å². The highest BCUT2D eigenvalue weighted by molar-refractivity contribution is 5.20. The minimum atomic E-state index is 0.127. The molecule has 0 unspecified atom stereocenters. The first-order valence-corrected chi connectivity index (χ1v) is 5.89. The molecule has 0 amide bonds. The van der Waals surface area contributed by atoms with Crippen molar-refractivity contribution in [2.24, 2.45) is 0 Å². The Labute approximate surface area is 97.9 Å². The number of unbranched alkanes of at least 4 members (excludes halogenated alkanes) is 1. The number of aliphatic hydroxyl groups excluding tert-OH is 1. The molecule has 0 aromatic carbocycles. The second-order valence-electron chi connectivity index (χ2n) is 4.73. The van der Waals surface area contributed by atoms with Crippen LogP contribution in [0.1, 0.15) is 32.3 Å². The molecule has 0 atom stereocenters. The third-order valence-electron chi connectivity index (χ3n) is 2.79. The van der Waals surface area contributed by atoms with Gasteiger partial charge in [-0.3, -0.25) is 4.98 Å². The zero-order valence-corrected chi connectivity index (χ0v) is 10.2. The molecule has 0 saturated carbocycles. The number of aromatic nitrogens is 1. The van der Waals surface area contributed by atoms with E-state index < -0.39 is 0 Å². The Morgan fingerprint density at radius 1 is 1.25 bits per heavy atom. The van der Waals surface area contributed by atoms with Gasteiger partial charge in [0.1, 0.15) is 0 Å². The smallest absolute Gasteiger partial charge is 0.0431 e. The fourth-order valence-corrected chi connectivity index (χ4v) is 1.67. The van der Waals surface area contributed by atoms with Crippen molar-refractivity contribution in [2.45, 2.75) is 32.1 Å². The first-order valence-electron chi connectivity index (χ1n) is 5.89. The Hall–Kier alpha value is -0.930. The zero-order valence-electron chi connectivity index (χ0n) is 10.2. The topological polar surface area (TPSA) is 45.1 Å². The van der Waals surface area contributed by atoms with Gasteiger partial charge in [-0.1, -0.05) is 13.8 Å². The van der Waals surface area contributed by atoms with E-state index in [0.717, 1.165) is 25.9 Å². The van der Waals surface area contributed by atoms with Crippen molar-refractivity contribution in [1.82, 2.24) is 10.3 Å².